The Labute approximate surface area is 159 Å². The summed E-state index contributed by atoms with van der Waals surface area (Å²) in [7, 11) is 0. The predicted molar refractivity (Wildman–Crippen MR) is 105 cm³/mol. The monoisotopic (exact) mass is 366 g/mol. The van der Waals surface area contributed by atoms with Gasteiger partial charge in [0.1, 0.15) is 0 Å². The molecular formula is C20H38N4O2. The maximum Gasteiger partial charge on any atom is 0.236 e. The van der Waals surface area contributed by atoms with Gasteiger partial charge in [-0.05, 0) is 24.7 Å². The summed E-state index contributed by atoms with van der Waals surface area (Å²) in [5, 5.41) is 0. The maximum absolute atomic E-state index is 12.7. The molecule has 0 atom stereocenters. The lowest BCUT2D eigenvalue weighted by Crippen LogP contribution is -2.52. The normalized spacial score (nSPS) is 19.5. The molecule has 0 aromatic carbocycles. The first-order valence-corrected chi connectivity index (χ1v) is 10.4. The van der Waals surface area contributed by atoms with Gasteiger partial charge in [0.05, 0.1) is 13.1 Å². The van der Waals surface area contributed by atoms with Gasteiger partial charge in [-0.2, -0.15) is 0 Å². The number of piperazine rings is 1. The Kier molecular flexibility index (Phi) is 8.35. The third-order valence-corrected chi connectivity index (χ3v) is 5.17. The zero-order valence-corrected chi connectivity index (χ0v) is 17.2. The molecule has 150 valence electrons. The molecule has 2 aliphatic rings. The molecule has 0 radical (unpaired) electrons. The van der Waals surface area contributed by atoms with Gasteiger partial charge in [-0.1, -0.05) is 27.7 Å². The average Bonchev–Trinajstić information content (AvgIpc) is 3.10. The van der Waals surface area contributed by atoms with Gasteiger partial charge in [-0.15, -0.1) is 0 Å². The molecule has 2 amide bonds. The van der Waals surface area contributed by atoms with Crippen LogP contribution in [0.1, 0.15) is 40.5 Å². The van der Waals surface area contributed by atoms with Crippen molar-refractivity contribution < 1.29 is 9.59 Å². The van der Waals surface area contributed by atoms with Crippen LogP contribution in [-0.2, 0) is 9.59 Å². The molecule has 0 aromatic heterocycles. The van der Waals surface area contributed by atoms with Crippen molar-refractivity contribution in [2.75, 3.05) is 65.4 Å². The molecule has 0 spiro atoms. The van der Waals surface area contributed by atoms with Gasteiger partial charge in [0.15, 0.2) is 0 Å². The zero-order chi connectivity index (χ0) is 19.1. The van der Waals surface area contributed by atoms with Crippen molar-refractivity contribution in [1.82, 2.24) is 19.6 Å². The molecule has 2 saturated heterocycles. The van der Waals surface area contributed by atoms with Gasteiger partial charge in [-0.25, -0.2) is 0 Å². The lowest BCUT2D eigenvalue weighted by molar-refractivity contribution is -0.135. The molecule has 2 fully saturated rings. The third-order valence-electron chi connectivity index (χ3n) is 5.17. The van der Waals surface area contributed by atoms with Crippen LogP contribution < -0.4 is 0 Å². The van der Waals surface area contributed by atoms with Crippen molar-refractivity contribution >= 4 is 11.8 Å². The van der Waals surface area contributed by atoms with Crippen LogP contribution in [0.25, 0.3) is 0 Å². The van der Waals surface area contributed by atoms with E-state index in [9.17, 15) is 9.59 Å². The zero-order valence-electron chi connectivity index (χ0n) is 17.2. The summed E-state index contributed by atoms with van der Waals surface area (Å²) in [6.45, 7) is 16.7. The van der Waals surface area contributed by atoms with Crippen molar-refractivity contribution in [3.05, 3.63) is 0 Å². The van der Waals surface area contributed by atoms with Crippen LogP contribution >= 0.6 is 0 Å². The van der Waals surface area contributed by atoms with E-state index in [0.717, 1.165) is 65.2 Å². The second-order valence-electron chi connectivity index (χ2n) is 8.73. The fourth-order valence-electron chi connectivity index (χ4n) is 3.81. The van der Waals surface area contributed by atoms with E-state index in [1.807, 2.05) is 9.80 Å². The van der Waals surface area contributed by atoms with Gasteiger partial charge in [0.25, 0.3) is 0 Å². The van der Waals surface area contributed by atoms with Gasteiger partial charge in [-0.3, -0.25) is 19.4 Å². The molecule has 0 unspecified atom stereocenters. The lowest BCUT2D eigenvalue weighted by atomic mass is 10.1. The summed E-state index contributed by atoms with van der Waals surface area (Å²) in [5.74, 6) is 1.50. The Morgan fingerprint density at radius 1 is 0.769 bits per heavy atom. The molecular weight excluding hydrogens is 328 g/mol. The molecule has 0 aliphatic carbocycles. The summed E-state index contributed by atoms with van der Waals surface area (Å²) in [5.41, 5.74) is 0. The number of likely N-dealkylation sites (tertiary alicyclic amines) is 1. The first-order chi connectivity index (χ1) is 12.3. The van der Waals surface area contributed by atoms with Gasteiger partial charge in [0, 0.05) is 52.4 Å². The number of carbonyl (C=O) groups excluding carboxylic acids is 2. The highest BCUT2D eigenvalue weighted by atomic mass is 16.2. The first kappa shape index (κ1) is 21.2. The highest BCUT2D eigenvalue weighted by Gasteiger charge is 2.25. The van der Waals surface area contributed by atoms with Crippen LogP contribution in [0, 0.1) is 11.8 Å². The predicted octanol–water partition coefficient (Wildman–Crippen LogP) is 1.37. The van der Waals surface area contributed by atoms with Crippen molar-refractivity contribution in [2.45, 2.75) is 40.5 Å². The van der Waals surface area contributed by atoms with E-state index >= 15 is 0 Å². The largest absolute Gasteiger partial charge is 0.342 e. The summed E-state index contributed by atoms with van der Waals surface area (Å²) in [6.07, 6.45) is 2.29. The minimum Gasteiger partial charge on any atom is -0.342 e. The quantitative estimate of drug-likeness (QED) is 0.651. The molecule has 26 heavy (non-hydrogen) atoms. The summed E-state index contributed by atoms with van der Waals surface area (Å²) in [6, 6.07) is 0. The fourth-order valence-corrected chi connectivity index (χ4v) is 3.81. The van der Waals surface area contributed by atoms with Crippen molar-refractivity contribution in [3.8, 4) is 0 Å². The maximum atomic E-state index is 12.7. The Morgan fingerprint density at radius 3 is 1.69 bits per heavy atom. The third kappa shape index (κ3) is 6.88. The Balaban J connectivity index is 1.74. The van der Waals surface area contributed by atoms with E-state index < -0.39 is 0 Å². The highest BCUT2D eigenvalue weighted by molar-refractivity contribution is 5.79. The van der Waals surface area contributed by atoms with Crippen LogP contribution in [0.4, 0.5) is 0 Å². The average molecular weight is 367 g/mol. The minimum atomic E-state index is 0.244. The molecule has 2 heterocycles. The van der Waals surface area contributed by atoms with E-state index in [1.54, 1.807) is 0 Å². The van der Waals surface area contributed by atoms with E-state index in [4.69, 9.17) is 0 Å². The van der Waals surface area contributed by atoms with E-state index in [-0.39, 0.29) is 11.8 Å². The number of hydrogen-bond donors (Lipinski definition) is 0. The minimum absolute atomic E-state index is 0.244. The SMILES string of the molecule is CC(C)CN(CC(C)C)C(=O)CN1CCN(CC(=O)N2CCCC2)CC1. The van der Waals surface area contributed by atoms with Crippen LogP contribution in [0.5, 0.6) is 0 Å². The Bertz CT molecular complexity index is 443. The second-order valence-corrected chi connectivity index (χ2v) is 8.73. The summed E-state index contributed by atoms with van der Waals surface area (Å²) < 4.78 is 0. The molecule has 2 aliphatic heterocycles. The molecule has 0 N–H and O–H groups in total. The molecule has 6 heteroatoms. The molecule has 6 nitrogen and oxygen atoms in total. The van der Waals surface area contributed by atoms with E-state index in [0.29, 0.717) is 24.9 Å². The number of amides is 2. The summed E-state index contributed by atoms with van der Waals surface area (Å²) in [4.78, 5) is 33.5. The first-order valence-electron chi connectivity index (χ1n) is 10.4. The number of hydrogen-bond acceptors (Lipinski definition) is 4. The van der Waals surface area contributed by atoms with Crippen LogP contribution in [0.15, 0.2) is 0 Å². The standard InChI is InChI=1S/C20H38N4O2/c1-17(2)13-24(14-18(3)4)20(26)16-22-11-9-21(10-12-22)15-19(25)23-7-5-6-8-23/h17-18H,5-16H2,1-4H3. The molecule has 0 bridgehead atoms. The molecule has 0 aromatic rings. The van der Waals surface area contributed by atoms with Crippen molar-refractivity contribution in [1.29, 1.82) is 0 Å². The summed E-state index contributed by atoms with van der Waals surface area (Å²) >= 11 is 0. The Hall–Kier alpha value is -1.14. The van der Waals surface area contributed by atoms with Gasteiger partial charge in [0.2, 0.25) is 11.8 Å². The smallest absolute Gasteiger partial charge is 0.236 e. The topological polar surface area (TPSA) is 47.1 Å². The van der Waals surface area contributed by atoms with E-state index in [2.05, 4.69) is 37.5 Å². The number of carbonyl (C=O) groups is 2. The second kappa shape index (κ2) is 10.3. The molecule has 2 rings (SSSR count). The van der Waals surface area contributed by atoms with Crippen LogP contribution in [-0.4, -0.2) is 96.9 Å². The van der Waals surface area contributed by atoms with Crippen molar-refractivity contribution in [2.24, 2.45) is 11.8 Å². The van der Waals surface area contributed by atoms with Gasteiger partial charge < -0.3 is 9.80 Å². The Morgan fingerprint density at radius 2 is 1.23 bits per heavy atom. The van der Waals surface area contributed by atoms with E-state index in [1.165, 1.54) is 0 Å². The van der Waals surface area contributed by atoms with Gasteiger partial charge >= 0.3 is 0 Å². The lowest BCUT2D eigenvalue weighted by Gasteiger charge is -2.36. The van der Waals surface area contributed by atoms with Crippen LogP contribution in [0.3, 0.4) is 0 Å². The fraction of sp³-hybridized carbons (Fsp3) is 0.900. The molecule has 0 saturated carbocycles. The number of rotatable bonds is 8. The van der Waals surface area contributed by atoms with Crippen molar-refractivity contribution in [3.63, 3.8) is 0 Å². The highest BCUT2D eigenvalue weighted by Crippen LogP contribution is 2.10. The van der Waals surface area contributed by atoms with Crippen LogP contribution in [0.2, 0.25) is 0 Å². The number of nitrogens with zero attached hydrogens (tertiary/aromatic N) is 4.